The third-order valence-electron chi connectivity index (χ3n) is 5.44. The first-order valence-corrected chi connectivity index (χ1v) is 10.5. The number of nitrogens with one attached hydrogen (secondary N) is 2. The maximum atomic E-state index is 12.1. The van der Waals surface area contributed by atoms with Crippen LogP contribution in [0.2, 0.25) is 5.02 Å². The van der Waals surface area contributed by atoms with Crippen molar-refractivity contribution in [2.45, 2.75) is 0 Å². The summed E-state index contributed by atoms with van der Waals surface area (Å²) in [7, 11) is 2.14. The number of rotatable bonds is 5. The van der Waals surface area contributed by atoms with Gasteiger partial charge in [0.15, 0.2) is 0 Å². The number of hydrogen-bond acceptors (Lipinski definition) is 5. The lowest BCUT2D eigenvalue weighted by atomic mass is 10.1. The van der Waals surface area contributed by atoms with E-state index in [0.717, 1.165) is 48.7 Å². The van der Waals surface area contributed by atoms with Crippen LogP contribution in [-0.4, -0.2) is 60.8 Å². The molecule has 2 N–H and O–H groups in total. The average Bonchev–Trinajstić information content (AvgIpc) is 3.28. The molecule has 3 aromatic rings. The smallest absolute Gasteiger partial charge is 0.252 e. The first-order chi connectivity index (χ1) is 15.0. The summed E-state index contributed by atoms with van der Waals surface area (Å²) >= 11 is 6.62. The Bertz CT molecular complexity index is 1130. The van der Waals surface area contributed by atoms with Gasteiger partial charge in [0, 0.05) is 48.6 Å². The zero-order valence-corrected chi connectivity index (χ0v) is 18.0. The van der Waals surface area contributed by atoms with Crippen LogP contribution < -0.4 is 10.2 Å². The molecule has 8 heteroatoms. The van der Waals surface area contributed by atoms with Gasteiger partial charge in [-0.15, -0.1) is 0 Å². The molecule has 1 saturated heterocycles. The molecule has 1 aliphatic rings. The largest absolute Gasteiger partial charge is 0.369 e. The number of halogens is 1. The summed E-state index contributed by atoms with van der Waals surface area (Å²) in [6.45, 7) is 4.02. The zero-order chi connectivity index (χ0) is 21.8. The second-order valence-electron chi connectivity index (χ2n) is 7.54. The van der Waals surface area contributed by atoms with Gasteiger partial charge < -0.3 is 15.1 Å². The first kappa shape index (κ1) is 20.9. The third-order valence-corrected chi connectivity index (χ3v) is 5.75. The summed E-state index contributed by atoms with van der Waals surface area (Å²) in [5.74, 6) is -0.290. The van der Waals surface area contributed by atoms with Crippen molar-refractivity contribution in [2.75, 3.05) is 44.7 Å². The summed E-state index contributed by atoms with van der Waals surface area (Å²) in [6.07, 6.45) is 0. The molecule has 1 aliphatic heterocycles. The fourth-order valence-corrected chi connectivity index (χ4v) is 3.91. The molecular formula is C23H23ClN6O. The van der Waals surface area contributed by atoms with Crippen LogP contribution in [0.5, 0.6) is 0 Å². The fraction of sp³-hybridized carbons (Fsp3) is 0.261. The van der Waals surface area contributed by atoms with Crippen molar-refractivity contribution in [1.29, 1.82) is 5.26 Å². The number of H-pyrrole nitrogens is 1. The van der Waals surface area contributed by atoms with Crippen LogP contribution in [-0.2, 0) is 0 Å². The van der Waals surface area contributed by atoms with Gasteiger partial charge in [-0.05, 0) is 43.4 Å². The highest BCUT2D eigenvalue weighted by Crippen LogP contribution is 2.33. The number of likely N-dealkylation sites (N-methyl/N-ethyl adjacent to an activating group) is 1. The Morgan fingerprint density at radius 1 is 1.19 bits per heavy atom. The number of nitriles is 1. The maximum absolute atomic E-state index is 12.1. The molecule has 0 radical (unpaired) electrons. The van der Waals surface area contributed by atoms with Gasteiger partial charge in [-0.1, -0.05) is 23.7 Å². The molecule has 31 heavy (non-hydrogen) atoms. The minimum absolute atomic E-state index is 0.0295. The molecule has 2 aromatic carbocycles. The number of anilines is 1. The van der Waals surface area contributed by atoms with E-state index in [0.29, 0.717) is 16.3 Å². The Morgan fingerprint density at radius 2 is 2.00 bits per heavy atom. The van der Waals surface area contributed by atoms with Crippen molar-refractivity contribution in [2.24, 2.45) is 0 Å². The van der Waals surface area contributed by atoms with Gasteiger partial charge in [-0.3, -0.25) is 9.89 Å². The number of hydrogen-bond donors (Lipinski definition) is 2. The molecule has 7 nitrogen and oxygen atoms in total. The fourth-order valence-electron chi connectivity index (χ4n) is 3.63. The van der Waals surface area contributed by atoms with Crippen LogP contribution in [0.15, 0.2) is 48.5 Å². The molecule has 1 fully saturated rings. The third kappa shape index (κ3) is 4.71. The maximum Gasteiger partial charge on any atom is 0.252 e. The van der Waals surface area contributed by atoms with Crippen LogP contribution in [0.3, 0.4) is 0 Å². The van der Waals surface area contributed by atoms with E-state index in [9.17, 15) is 4.79 Å². The Hall–Kier alpha value is -3.34. The van der Waals surface area contributed by atoms with E-state index in [2.05, 4.69) is 38.4 Å². The average molecular weight is 435 g/mol. The second kappa shape index (κ2) is 9.21. The molecule has 4 rings (SSSR count). The van der Waals surface area contributed by atoms with E-state index < -0.39 is 0 Å². The van der Waals surface area contributed by atoms with Crippen LogP contribution in [0, 0.1) is 11.3 Å². The molecule has 0 aliphatic carbocycles. The number of aromatic amines is 1. The lowest BCUT2D eigenvalue weighted by molar-refractivity contribution is 0.0958. The molecule has 158 valence electrons. The minimum atomic E-state index is -0.290. The lowest BCUT2D eigenvalue weighted by Gasteiger charge is -2.34. The lowest BCUT2D eigenvalue weighted by Crippen LogP contribution is -2.44. The summed E-state index contributed by atoms with van der Waals surface area (Å²) < 4.78 is 0. The van der Waals surface area contributed by atoms with Gasteiger partial charge in [0.05, 0.1) is 22.5 Å². The van der Waals surface area contributed by atoms with E-state index in [1.54, 1.807) is 18.2 Å². The number of carbonyl (C=O) groups is 1. The topological polar surface area (TPSA) is 88.0 Å². The van der Waals surface area contributed by atoms with Crippen LogP contribution in [0.4, 0.5) is 5.69 Å². The van der Waals surface area contributed by atoms with E-state index in [-0.39, 0.29) is 12.5 Å². The highest BCUT2D eigenvalue weighted by atomic mass is 35.5. The van der Waals surface area contributed by atoms with E-state index in [4.69, 9.17) is 16.9 Å². The second-order valence-corrected chi connectivity index (χ2v) is 7.95. The normalized spacial score (nSPS) is 14.3. The van der Waals surface area contributed by atoms with Crippen molar-refractivity contribution < 1.29 is 4.79 Å². The highest BCUT2D eigenvalue weighted by molar-refractivity contribution is 6.33. The standard InChI is InChI=1S/C23H23ClN6O/c1-29-9-11-30(12-10-29)18-5-6-19(20(24)14-18)22-15-21(27-28-22)16-3-2-4-17(13-16)23(31)26-8-7-25/h2-6,13-15H,8-12H2,1H3,(H,26,31)(H,27,28). The minimum Gasteiger partial charge on any atom is -0.369 e. The predicted molar refractivity (Wildman–Crippen MR) is 122 cm³/mol. The van der Waals surface area contributed by atoms with Crippen molar-refractivity contribution in [3.05, 3.63) is 59.1 Å². The molecule has 0 atom stereocenters. The molecule has 1 aromatic heterocycles. The summed E-state index contributed by atoms with van der Waals surface area (Å²) in [6, 6.07) is 17.1. The highest BCUT2D eigenvalue weighted by Gasteiger charge is 2.16. The van der Waals surface area contributed by atoms with Crippen molar-refractivity contribution >= 4 is 23.2 Å². The van der Waals surface area contributed by atoms with E-state index >= 15 is 0 Å². The zero-order valence-electron chi connectivity index (χ0n) is 17.2. The molecule has 0 spiro atoms. The Balaban J connectivity index is 1.54. The Labute approximate surface area is 186 Å². The molecule has 0 saturated carbocycles. The van der Waals surface area contributed by atoms with E-state index in [1.807, 2.05) is 30.3 Å². The number of nitrogens with zero attached hydrogens (tertiary/aromatic N) is 4. The molecule has 0 bridgehead atoms. The molecule has 0 unspecified atom stereocenters. The molecule has 1 amide bonds. The number of benzene rings is 2. The number of aromatic nitrogens is 2. The van der Waals surface area contributed by atoms with Gasteiger partial charge >= 0.3 is 0 Å². The Kier molecular flexibility index (Phi) is 6.21. The first-order valence-electron chi connectivity index (χ1n) is 10.1. The summed E-state index contributed by atoms with van der Waals surface area (Å²) in [5.41, 5.74) is 4.80. The van der Waals surface area contributed by atoms with Crippen molar-refractivity contribution in [3.8, 4) is 28.6 Å². The van der Waals surface area contributed by atoms with Crippen LogP contribution in [0.25, 0.3) is 22.5 Å². The summed E-state index contributed by atoms with van der Waals surface area (Å²) in [5, 5.41) is 19.3. The summed E-state index contributed by atoms with van der Waals surface area (Å²) in [4.78, 5) is 16.8. The quantitative estimate of drug-likeness (QED) is 0.601. The van der Waals surface area contributed by atoms with Gasteiger partial charge in [0.25, 0.3) is 5.91 Å². The van der Waals surface area contributed by atoms with Gasteiger partial charge in [-0.2, -0.15) is 10.4 Å². The number of amides is 1. The SMILES string of the molecule is CN1CCN(c2ccc(-c3cc(-c4cccc(C(=O)NCC#N)c4)n[nH]3)c(Cl)c2)CC1. The number of carbonyl (C=O) groups excluding carboxylic acids is 1. The van der Waals surface area contributed by atoms with Crippen molar-refractivity contribution in [3.63, 3.8) is 0 Å². The molecule has 2 heterocycles. The van der Waals surface area contributed by atoms with Gasteiger partial charge in [-0.25, -0.2) is 0 Å². The Morgan fingerprint density at radius 3 is 2.74 bits per heavy atom. The van der Waals surface area contributed by atoms with Gasteiger partial charge in [0.1, 0.15) is 6.54 Å². The predicted octanol–water partition coefficient (Wildman–Crippen LogP) is 3.40. The van der Waals surface area contributed by atoms with Crippen LogP contribution in [0.1, 0.15) is 10.4 Å². The van der Waals surface area contributed by atoms with Crippen LogP contribution >= 0.6 is 11.6 Å². The number of piperazine rings is 1. The van der Waals surface area contributed by atoms with E-state index in [1.165, 1.54) is 0 Å². The van der Waals surface area contributed by atoms with Gasteiger partial charge in [0.2, 0.25) is 0 Å². The molecular weight excluding hydrogens is 412 g/mol. The van der Waals surface area contributed by atoms with Crippen molar-refractivity contribution in [1.82, 2.24) is 20.4 Å². The monoisotopic (exact) mass is 434 g/mol.